The molecule has 1 aliphatic carbocycles. The minimum atomic E-state index is -0.309. The smallest absolute Gasteiger partial charge is 0.325 e. The van der Waals surface area contributed by atoms with Gasteiger partial charge in [-0.1, -0.05) is 0 Å². The van der Waals surface area contributed by atoms with E-state index in [0.717, 1.165) is 12.8 Å². The molecule has 1 aliphatic rings. The van der Waals surface area contributed by atoms with E-state index in [9.17, 15) is 9.59 Å². The van der Waals surface area contributed by atoms with Crippen LogP contribution in [0.3, 0.4) is 0 Å². The molecule has 17 heavy (non-hydrogen) atoms. The van der Waals surface area contributed by atoms with E-state index in [0.29, 0.717) is 22.5 Å². The zero-order valence-electron chi connectivity index (χ0n) is 9.32. The molecule has 0 atom stereocenters. The number of H-pyrrole nitrogens is 2. The molecule has 1 saturated carbocycles. The molecule has 1 fully saturated rings. The molecular formula is C10H12N4O2S. The number of aromatic amines is 2. The van der Waals surface area contributed by atoms with Crippen molar-refractivity contribution in [3.63, 3.8) is 0 Å². The van der Waals surface area contributed by atoms with Gasteiger partial charge in [0.15, 0.2) is 4.77 Å². The summed E-state index contributed by atoms with van der Waals surface area (Å²) in [6.45, 7) is 2.15. The Morgan fingerprint density at radius 2 is 2.06 bits per heavy atom. The highest BCUT2D eigenvalue weighted by atomic mass is 32.1. The van der Waals surface area contributed by atoms with Gasteiger partial charge in [0.25, 0.3) is 5.56 Å². The number of nitrogens with zero attached hydrogens (tertiary/aromatic N) is 2. The van der Waals surface area contributed by atoms with Gasteiger partial charge in [0, 0.05) is 12.6 Å². The van der Waals surface area contributed by atoms with Gasteiger partial charge >= 0.3 is 5.69 Å². The molecule has 0 spiro atoms. The summed E-state index contributed by atoms with van der Waals surface area (Å²) in [5.41, 5.74) is 0.357. The monoisotopic (exact) mass is 252 g/mol. The van der Waals surface area contributed by atoms with Crippen molar-refractivity contribution in [2.24, 2.45) is 0 Å². The van der Waals surface area contributed by atoms with Crippen LogP contribution in [0.25, 0.3) is 11.2 Å². The van der Waals surface area contributed by atoms with E-state index in [1.54, 1.807) is 11.5 Å². The standard InChI is InChI=1S/C10H12N4O2S/c1-2-13-8(15)6-7(12-9(17)11-6)14(10(13)16)5-3-4-5/h5H,2-4H2,1H3,(H2,11,12,17). The Morgan fingerprint density at radius 3 is 2.65 bits per heavy atom. The third kappa shape index (κ3) is 1.42. The van der Waals surface area contributed by atoms with Gasteiger partial charge in [-0.15, -0.1) is 0 Å². The Hall–Kier alpha value is -1.63. The number of hydrogen-bond acceptors (Lipinski definition) is 3. The van der Waals surface area contributed by atoms with Crippen LogP contribution in [0.15, 0.2) is 9.59 Å². The van der Waals surface area contributed by atoms with Crippen LogP contribution in [-0.2, 0) is 6.54 Å². The van der Waals surface area contributed by atoms with Crippen molar-refractivity contribution in [2.75, 3.05) is 0 Å². The first-order chi connectivity index (χ1) is 8.13. The summed E-state index contributed by atoms with van der Waals surface area (Å²) in [6, 6.07) is 0.199. The molecule has 0 aromatic carbocycles. The van der Waals surface area contributed by atoms with Gasteiger partial charge in [-0.2, -0.15) is 0 Å². The maximum atomic E-state index is 12.2. The quantitative estimate of drug-likeness (QED) is 0.780. The highest BCUT2D eigenvalue weighted by Crippen LogP contribution is 2.34. The zero-order chi connectivity index (χ0) is 12.2. The van der Waals surface area contributed by atoms with E-state index in [4.69, 9.17) is 12.2 Å². The minimum absolute atomic E-state index is 0.199. The average molecular weight is 252 g/mol. The first-order valence-electron chi connectivity index (χ1n) is 5.60. The van der Waals surface area contributed by atoms with E-state index in [1.165, 1.54) is 4.57 Å². The number of fused-ring (bicyclic) bond motifs is 1. The van der Waals surface area contributed by atoms with Crippen LogP contribution in [0.1, 0.15) is 25.8 Å². The molecule has 0 aliphatic heterocycles. The molecule has 0 unspecified atom stereocenters. The van der Waals surface area contributed by atoms with Crippen LogP contribution < -0.4 is 11.2 Å². The second kappa shape index (κ2) is 3.43. The van der Waals surface area contributed by atoms with Crippen LogP contribution in [0.4, 0.5) is 0 Å². The van der Waals surface area contributed by atoms with Crippen LogP contribution in [0, 0.1) is 4.77 Å². The molecule has 2 aromatic heterocycles. The lowest BCUT2D eigenvalue weighted by Crippen LogP contribution is -2.39. The first kappa shape index (κ1) is 10.5. The fourth-order valence-electron chi connectivity index (χ4n) is 2.11. The molecule has 2 N–H and O–H groups in total. The van der Waals surface area contributed by atoms with Gasteiger partial charge < -0.3 is 9.97 Å². The van der Waals surface area contributed by atoms with E-state index < -0.39 is 0 Å². The summed E-state index contributed by atoms with van der Waals surface area (Å²) < 4.78 is 3.26. The van der Waals surface area contributed by atoms with Crippen LogP contribution in [0.5, 0.6) is 0 Å². The molecule has 6 nitrogen and oxygen atoms in total. The van der Waals surface area contributed by atoms with Crippen molar-refractivity contribution in [1.82, 2.24) is 19.1 Å². The first-order valence-corrected chi connectivity index (χ1v) is 6.01. The second-order valence-electron chi connectivity index (χ2n) is 4.24. The number of imidazole rings is 1. The molecule has 7 heteroatoms. The Kier molecular flexibility index (Phi) is 2.12. The molecular weight excluding hydrogens is 240 g/mol. The van der Waals surface area contributed by atoms with Crippen molar-refractivity contribution in [3.8, 4) is 0 Å². The van der Waals surface area contributed by atoms with E-state index in [-0.39, 0.29) is 17.3 Å². The summed E-state index contributed by atoms with van der Waals surface area (Å²) in [4.78, 5) is 29.9. The summed E-state index contributed by atoms with van der Waals surface area (Å²) in [5.74, 6) is 0. The van der Waals surface area contributed by atoms with Gasteiger partial charge in [-0.25, -0.2) is 4.79 Å². The number of hydrogen-bond donors (Lipinski definition) is 2. The Morgan fingerprint density at radius 1 is 1.35 bits per heavy atom. The number of aromatic nitrogens is 4. The third-order valence-corrected chi connectivity index (χ3v) is 3.28. The third-order valence-electron chi connectivity index (χ3n) is 3.07. The summed E-state index contributed by atoms with van der Waals surface area (Å²) >= 11 is 4.99. The van der Waals surface area contributed by atoms with E-state index >= 15 is 0 Å². The fraction of sp³-hybridized carbons (Fsp3) is 0.500. The number of nitrogens with one attached hydrogen (secondary N) is 2. The van der Waals surface area contributed by atoms with Crippen molar-refractivity contribution < 1.29 is 0 Å². The Balaban J connectivity index is 2.56. The molecule has 2 heterocycles. The van der Waals surface area contributed by atoms with Crippen molar-refractivity contribution in [3.05, 3.63) is 25.6 Å². The van der Waals surface area contributed by atoms with Crippen LogP contribution in [-0.4, -0.2) is 19.1 Å². The molecule has 0 bridgehead atoms. The largest absolute Gasteiger partial charge is 0.332 e. The number of rotatable bonds is 2. The van der Waals surface area contributed by atoms with Gasteiger partial charge in [0.2, 0.25) is 0 Å². The summed E-state index contributed by atoms with van der Waals surface area (Å²) in [7, 11) is 0. The van der Waals surface area contributed by atoms with Gasteiger partial charge in [-0.05, 0) is 32.0 Å². The molecule has 90 valence electrons. The maximum Gasteiger partial charge on any atom is 0.332 e. The lowest BCUT2D eigenvalue weighted by Gasteiger charge is -2.08. The van der Waals surface area contributed by atoms with Crippen molar-refractivity contribution in [1.29, 1.82) is 0 Å². The molecule has 0 amide bonds. The van der Waals surface area contributed by atoms with E-state index in [2.05, 4.69) is 9.97 Å². The maximum absolute atomic E-state index is 12.2. The lowest BCUT2D eigenvalue weighted by molar-refractivity contribution is 0.597. The predicted octanol–water partition coefficient (Wildman–Crippen LogP) is 0.904. The normalized spacial score (nSPS) is 15.6. The van der Waals surface area contributed by atoms with Gasteiger partial charge in [0.05, 0.1) is 0 Å². The molecule has 0 saturated heterocycles. The van der Waals surface area contributed by atoms with Crippen LogP contribution >= 0.6 is 12.2 Å². The Bertz CT molecular complexity index is 759. The van der Waals surface area contributed by atoms with Crippen molar-refractivity contribution in [2.45, 2.75) is 32.4 Å². The van der Waals surface area contributed by atoms with E-state index in [1.807, 2.05) is 0 Å². The van der Waals surface area contributed by atoms with Crippen LogP contribution in [0.2, 0.25) is 0 Å². The summed E-state index contributed by atoms with van der Waals surface area (Å²) in [5, 5.41) is 0. The predicted molar refractivity (Wildman–Crippen MR) is 65.9 cm³/mol. The molecule has 3 rings (SSSR count). The lowest BCUT2D eigenvalue weighted by atomic mass is 10.4. The topological polar surface area (TPSA) is 75.6 Å². The zero-order valence-corrected chi connectivity index (χ0v) is 10.1. The fourth-order valence-corrected chi connectivity index (χ4v) is 2.31. The minimum Gasteiger partial charge on any atom is -0.325 e. The SMILES string of the molecule is CCn1c(=O)c2[nH]c(=S)[nH]c2n(C2CC2)c1=O. The van der Waals surface area contributed by atoms with Gasteiger partial charge in [-0.3, -0.25) is 13.9 Å². The highest BCUT2D eigenvalue weighted by molar-refractivity contribution is 7.71. The molecule has 0 radical (unpaired) electrons. The van der Waals surface area contributed by atoms with Crippen molar-refractivity contribution >= 4 is 23.4 Å². The van der Waals surface area contributed by atoms with Gasteiger partial charge in [0.1, 0.15) is 11.2 Å². The average Bonchev–Trinajstić information content (AvgIpc) is 3.02. The second-order valence-corrected chi connectivity index (χ2v) is 4.64. The highest BCUT2D eigenvalue weighted by Gasteiger charge is 2.28. The molecule has 2 aromatic rings. The Labute approximate surface area is 101 Å². The summed E-state index contributed by atoms with van der Waals surface area (Å²) in [6.07, 6.45) is 1.95.